The van der Waals surface area contributed by atoms with Crippen LogP contribution in [0.3, 0.4) is 0 Å². The van der Waals surface area contributed by atoms with Crippen LogP contribution in [0.5, 0.6) is 11.5 Å². The molecule has 0 aliphatic rings. The minimum Gasteiger partial charge on any atom is -0.494 e. The Morgan fingerprint density at radius 3 is 1.97 bits per heavy atom. The monoisotopic (exact) mass is 520 g/mol. The van der Waals surface area contributed by atoms with Crippen LogP contribution in [0.2, 0.25) is 0 Å². The van der Waals surface area contributed by atoms with Crippen molar-refractivity contribution in [3.63, 3.8) is 0 Å². The number of aryl methyl sites for hydroxylation is 4. The van der Waals surface area contributed by atoms with E-state index < -0.39 is 6.61 Å². The molecule has 2 nitrogen and oxygen atoms in total. The van der Waals surface area contributed by atoms with Crippen LogP contribution in [0.1, 0.15) is 54.9 Å². The second-order valence-electron chi connectivity index (χ2n) is 9.67. The molecule has 4 aromatic carbocycles. The summed E-state index contributed by atoms with van der Waals surface area (Å²) in [6, 6.07) is 24.6. The third-order valence-corrected chi connectivity index (χ3v) is 6.82. The molecule has 38 heavy (non-hydrogen) atoms. The first-order chi connectivity index (χ1) is 18.5. The van der Waals surface area contributed by atoms with E-state index in [2.05, 4.69) is 29.9 Å². The van der Waals surface area contributed by atoms with E-state index >= 15 is 4.39 Å². The molecule has 0 aliphatic heterocycles. The maximum atomic E-state index is 15.2. The maximum absolute atomic E-state index is 15.2. The highest BCUT2D eigenvalue weighted by molar-refractivity contribution is 5.84. The van der Waals surface area contributed by atoms with Crippen molar-refractivity contribution in [3.05, 3.63) is 107 Å². The highest BCUT2D eigenvalue weighted by Gasteiger charge is 2.10. The van der Waals surface area contributed by atoms with E-state index in [4.69, 9.17) is 4.74 Å². The first-order valence-electron chi connectivity index (χ1n) is 13.5. The summed E-state index contributed by atoms with van der Waals surface area (Å²) in [4.78, 5) is 0. The quantitative estimate of drug-likeness (QED) is 0.154. The average molecular weight is 521 g/mol. The fraction of sp³-hybridized carbons (Fsp3) is 0.333. The Kier molecular flexibility index (Phi) is 10.1. The van der Waals surface area contributed by atoms with Crippen molar-refractivity contribution in [2.45, 2.75) is 64.9 Å². The maximum Gasteiger partial charge on any atom is 0.387 e. The first-order valence-corrected chi connectivity index (χ1v) is 13.5. The second kappa shape index (κ2) is 13.9. The summed E-state index contributed by atoms with van der Waals surface area (Å²) < 4.78 is 50.1. The molecule has 5 heteroatoms. The fourth-order valence-electron chi connectivity index (χ4n) is 4.61. The normalized spacial score (nSPS) is 11.3. The SMILES string of the molecule is CCCCCCOc1ccc(CCc2ccc3c(F)c(CCc4ccc(OC(F)F)cc4)ccc3c2)cc1. The highest BCUT2D eigenvalue weighted by Crippen LogP contribution is 2.25. The van der Waals surface area contributed by atoms with Crippen LogP contribution in [0.15, 0.2) is 78.9 Å². The van der Waals surface area contributed by atoms with E-state index in [1.54, 1.807) is 12.1 Å². The molecular formula is C33H35F3O2. The van der Waals surface area contributed by atoms with Crippen molar-refractivity contribution in [3.8, 4) is 11.5 Å². The van der Waals surface area contributed by atoms with Gasteiger partial charge in [-0.05, 0) is 84.0 Å². The van der Waals surface area contributed by atoms with Crippen molar-refractivity contribution in [2.75, 3.05) is 6.61 Å². The molecular weight excluding hydrogens is 485 g/mol. The van der Waals surface area contributed by atoms with Gasteiger partial charge in [-0.2, -0.15) is 8.78 Å². The van der Waals surface area contributed by atoms with Gasteiger partial charge >= 0.3 is 6.61 Å². The van der Waals surface area contributed by atoms with Gasteiger partial charge in [-0.15, -0.1) is 0 Å². The average Bonchev–Trinajstić information content (AvgIpc) is 2.92. The number of fused-ring (bicyclic) bond motifs is 1. The predicted molar refractivity (Wildman–Crippen MR) is 148 cm³/mol. The molecule has 0 unspecified atom stereocenters. The number of hydrogen-bond acceptors (Lipinski definition) is 2. The van der Waals surface area contributed by atoms with E-state index in [-0.39, 0.29) is 11.6 Å². The number of halogens is 3. The van der Waals surface area contributed by atoms with Crippen LogP contribution in [-0.2, 0) is 25.7 Å². The van der Waals surface area contributed by atoms with Crippen LogP contribution in [0.25, 0.3) is 10.8 Å². The third kappa shape index (κ3) is 8.01. The molecule has 0 aliphatic carbocycles. The number of hydrogen-bond donors (Lipinski definition) is 0. The fourth-order valence-corrected chi connectivity index (χ4v) is 4.61. The first kappa shape index (κ1) is 27.6. The lowest BCUT2D eigenvalue weighted by atomic mass is 9.97. The molecule has 0 spiro atoms. The summed E-state index contributed by atoms with van der Waals surface area (Å²) in [7, 11) is 0. The Labute approximate surface area is 223 Å². The van der Waals surface area contributed by atoms with Crippen LogP contribution >= 0.6 is 0 Å². The largest absolute Gasteiger partial charge is 0.494 e. The van der Waals surface area contributed by atoms with Crippen molar-refractivity contribution in [2.24, 2.45) is 0 Å². The van der Waals surface area contributed by atoms with Crippen molar-refractivity contribution < 1.29 is 22.6 Å². The Morgan fingerprint density at radius 1 is 0.658 bits per heavy atom. The lowest BCUT2D eigenvalue weighted by Crippen LogP contribution is -2.02. The van der Waals surface area contributed by atoms with Gasteiger partial charge in [0.25, 0.3) is 0 Å². The predicted octanol–water partition coefficient (Wildman–Crippen LogP) is 9.11. The number of unbranched alkanes of at least 4 members (excludes halogenated alkanes) is 3. The van der Waals surface area contributed by atoms with E-state index in [0.29, 0.717) is 23.8 Å². The number of benzene rings is 4. The third-order valence-electron chi connectivity index (χ3n) is 6.82. The van der Waals surface area contributed by atoms with Crippen molar-refractivity contribution >= 4 is 10.8 Å². The molecule has 0 amide bonds. The summed E-state index contributed by atoms with van der Waals surface area (Å²) in [6.07, 6.45) is 7.70. The topological polar surface area (TPSA) is 18.5 Å². The van der Waals surface area contributed by atoms with Gasteiger partial charge in [-0.3, -0.25) is 0 Å². The zero-order valence-corrected chi connectivity index (χ0v) is 21.9. The Morgan fingerprint density at radius 2 is 1.29 bits per heavy atom. The molecule has 0 fully saturated rings. The molecule has 0 N–H and O–H groups in total. The van der Waals surface area contributed by atoms with Gasteiger partial charge < -0.3 is 9.47 Å². The molecule has 4 rings (SSSR count). The molecule has 0 radical (unpaired) electrons. The number of ether oxygens (including phenoxy) is 2. The molecule has 0 saturated heterocycles. The van der Waals surface area contributed by atoms with Crippen LogP contribution in [-0.4, -0.2) is 13.2 Å². The Bertz CT molecular complexity index is 1280. The summed E-state index contributed by atoms with van der Waals surface area (Å²) >= 11 is 0. The molecule has 0 saturated carbocycles. The van der Waals surface area contributed by atoms with Gasteiger partial charge in [0, 0.05) is 5.39 Å². The van der Waals surface area contributed by atoms with Crippen LogP contribution in [0, 0.1) is 5.82 Å². The van der Waals surface area contributed by atoms with E-state index in [1.165, 1.54) is 42.5 Å². The number of alkyl halides is 2. The minimum absolute atomic E-state index is 0.121. The lowest BCUT2D eigenvalue weighted by molar-refractivity contribution is -0.0498. The summed E-state index contributed by atoms with van der Waals surface area (Å²) in [6.45, 7) is 0.128. The van der Waals surface area contributed by atoms with E-state index in [1.807, 2.05) is 36.4 Å². The summed E-state index contributed by atoms with van der Waals surface area (Å²) in [5.41, 5.74) is 4.00. The van der Waals surface area contributed by atoms with Gasteiger partial charge in [0.05, 0.1) is 6.61 Å². The standard InChI is InChI=1S/C33H35F3O2/c1-2-3-4-5-22-37-29-17-9-24(10-18-29)6-7-26-13-21-31-28(23-26)16-15-27(32(31)34)14-8-25-11-19-30(20-12-25)38-33(35)36/h9-13,15-21,23,33H,2-8,14,22H2,1H3. The van der Waals surface area contributed by atoms with Gasteiger partial charge in [0.2, 0.25) is 0 Å². The summed E-state index contributed by atoms with van der Waals surface area (Å²) in [5, 5.41) is 1.51. The molecule has 0 aromatic heterocycles. The minimum atomic E-state index is -2.84. The number of rotatable bonds is 14. The zero-order valence-electron chi connectivity index (χ0n) is 21.9. The van der Waals surface area contributed by atoms with Crippen LogP contribution in [0.4, 0.5) is 13.2 Å². The van der Waals surface area contributed by atoms with Gasteiger partial charge in [0.1, 0.15) is 17.3 Å². The smallest absolute Gasteiger partial charge is 0.387 e. The van der Waals surface area contributed by atoms with Crippen molar-refractivity contribution in [1.29, 1.82) is 0 Å². The molecule has 0 heterocycles. The van der Waals surface area contributed by atoms with Crippen molar-refractivity contribution in [1.82, 2.24) is 0 Å². The molecule has 200 valence electrons. The molecule has 0 atom stereocenters. The molecule has 4 aromatic rings. The Balaban J connectivity index is 1.30. The van der Waals surface area contributed by atoms with E-state index in [0.717, 1.165) is 42.6 Å². The highest BCUT2D eigenvalue weighted by atomic mass is 19.3. The van der Waals surface area contributed by atoms with Gasteiger partial charge in [0.15, 0.2) is 0 Å². The lowest BCUT2D eigenvalue weighted by Gasteiger charge is -2.10. The molecule has 0 bridgehead atoms. The Hall–Kier alpha value is -3.47. The van der Waals surface area contributed by atoms with Gasteiger partial charge in [-0.1, -0.05) is 80.8 Å². The zero-order chi connectivity index (χ0) is 26.7. The van der Waals surface area contributed by atoms with Gasteiger partial charge in [-0.25, -0.2) is 4.39 Å². The van der Waals surface area contributed by atoms with E-state index in [9.17, 15) is 8.78 Å². The summed E-state index contributed by atoms with van der Waals surface area (Å²) in [5.74, 6) is 0.840. The van der Waals surface area contributed by atoms with Crippen LogP contribution < -0.4 is 9.47 Å². The second-order valence-corrected chi connectivity index (χ2v) is 9.67.